The zero-order valence-corrected chi connectivity index (χ0v) is 17.6. The van der Waals surface area contributed by atoms with Gasteiger partial charge in [-0.3, -0.25) is 9.78 Å². The quantitative estimate of drug-likeness (QED) is 0.519. The van der Waals surface area contributed by atoms with E-state index in [4.69, 9.17) is 4.98 Å². The van der Waals surface area contributed by atoms with E-state index in [2.05, 4.69) is 29.2 Å². The van der Waals surface area contributed by atoms with Gasteiger partial charge in [0.15, 0.2) is 5.65 Å². The molecule has 0 fully saturated rings. The van der Waals surface area contributed by atoms with E-state index in [1.807, 2.05) is 67.1 Å². The van der Waals surface area contributed by atoms with Crippen LogP contribution in [0.25, 0.3) is 22.3 Å². The summed E-state index contributed by atoms with van der Waals surface area (Å²) in [5, 5.41) is 8.31. The number of fused-ring (bicyclic) bond motifs is 1. The highest BCUT2D eigenvalue weighted by Gasteiger charge is 2.20. The van der Waals surface area contributed by atoms with Crippen molar-refractivity contribution >= 4 is 16.9 Å². The first-order valence-electron chi connectivity index (χ1n) is 10.1. The summed E-state index contributed by atoms with van der Waals surface area (Å²) in [6.45, 7) is 8.08. The molecule has 0 saturated carbocycles. The average molecular weight is 399 g/mol. The first kappa shape index (κ1) is 19.8. The molecule has 0 aliphatic rings. The highest BCUT2D eigenvalue weighted by molar-refractivity contribution is 6.06. The second-order valence-corrected chi connectivity index (χ2v) is 7.74. The molecule has 1 atom stereocenters. The minimum Gasteiger partial charge on any atom is -0.344 e. The van der Waals surface area contributed by atoms with Gasteiger partial charge in [-0.05, 0) is 51.5 Å². The Hall–Kier alpha value is -3.54. The maximum absolute atomic E-state index is 13.3. The third-order valence-corrected chi connectivity index (χ3v) is 5.20. The molecule has 1 unspecified atom stereocenters. The van der Waals surface area contributed by atoms with E-state index in [-0.39, 0.29) is 18.0 Å². The molecule has 1 aromatic carbocycles. The van der Waals surface area contributed by atoms with Crippen molar-refractivity contribution in [3.05, 3.63) is 77.7 Å². The lowest BCUT2D eigenvalue weighted by molar-refractivity contribution is 0.0940. The molecule has 3 aromatic heterocycles. The van der Waals surface area contributed by atoms with Crippen molar-refractivity contribution in [1.82, 2.24) is 25.1 Å². The van der Waals surface area contributed by atoms with Crippen molar-refractivity contribution in [2.75, 3.05) is 0 Å². The fraction of sp³-hybridized carbons (Fsp3) is 0.250. The molecule has 6 heteroatoms. The Kier molecular flexibility index (Phi) is 5.31. The molecule has 152 valence electrons. The molecular weight excluding hydrogens is 374 g/mol. The van der Waals surface area contributed by atoms with Crippen LogP contribution >= 0.6 is 0 Å². The summed E-state index contributed by atoms with van der Waals surface area (Å²) in [5.41, 5.74) is 4.96. The molecule has 0 spiro atoms. The number of pyridine rings is 2. The van der Waals surface area contributed by atoms with Gasteiger partial charge in [-0.2, -0.15) is 5.10 Å². The maximum atomic E-state index is 13.3. The van der Waals surface area contributed by atoms with Gasteiger partial charge in [0, 0.05) is 17.8 Å². The van der Waals surface area contributed by atoms with E-state index in [1.54, 1.807) is 12.4 Å². The molecular formula is C24H25N5O. The highest BCUT2D eigenvalue weighted by Crippen LogP contribution is 2.28. The van der Waals surface area contributed by atoms with E-state index < -0.39 is 0 Å². The van der Waals surface area contributed by atoms with E-state index in [0.717, 1.165) is 27.9 Å². The van der Waals surface area contributed by atoms with E-state index in [0.29, 0.717) is 11.2 Å². The summed E-state index contributed by atoms with van der Waals surface area (Å²) in [5.74, 6) is -0.168. The smallest absolute Gasteiger partial charge is 0.252 e. The number of carbonyl (C=O) groups is 1. The number of hydrogen-bond donors (Lipinski definition) is 1. The molecule has 4 rings (SSSR count). The fourth-order valence-corrected chi connectivity index (χ4v) is 3.56. The largest absolute Gasteiger partial charge is 0.344 e. The minimum absolute atomic E-state index is 0.130. The Balaban J connectivity index is 1.82. The van der Waals surface area contributed by atoms with Crippen molar-refractivity contribution in [3.8, 4) is 11.3 Å². The van der Waals surface area contributed by atoms with Gasteiger partial charge in [0.1, 0.15) is 0 Å². The lowest BCUT2D eigenvalue weighted by Gasteiger charge is -2.15. The Bertz CT molecular complexity index is 1200. The van der Waals surface area contributed by atoms with Crippen molar-refractivity contribution in [1.29, 1.82) is 0 Å². The van der Waals surface area contributed by atoms with Gasteiger partial charge in [-0.25, -0.2) is 9.67 Å². The summed E-state index contributed by atoms with van der Waals surface area (Å²) < 4.78 is 1.86. The van der Waals surface area contributed by atoms with Crippen LogP contribution in [-0.4, -0.2) is 25.7 Å². The van der Waals surface area contributed by atoms with Crippen LogP contribution in [0.2, 0.25) is 0 Å². The second-order valence-electron chi connectivity index (χ2n) is 7.74. The normalized spacial score (nSPS) is 12.3. The molecule has 1 amide bonds. The zero-order valence-electron chi connectivity index (χ0n) is 17.6. The van der Waals surface area contributed by atoms with Crippen molar-refractivity contribution in [3.63, 3.8) is 0 Å². The maximum Gasteiger partial charge on any atom is 0.252 e. The molecule has 0 bridgehead atoms. The molecule has 0 aliphatic heterocycles. The Morgan fingerprint density at radius 2 is 1.83 bits per heavy atom. The average Bonchev–Trinajstić information content (AvgIpc) is 3.18. The van der Waals surface area contributed by atoms with Crippen molar-refractivity contribution in [2.45, 2.75) is 39.8 Å². The molecule has 1 N–H and O–H groups in total. The van der Waals surface area contributed by atoms with E-state index >= 15 is 0 Å². The summed E-state index contributed by atoms with van der Waals surface area (Å²) in [6.07, 6.45) is 3.45. The molecule has 0 saturated heterocycles. The molecule has 3 heterocycles. The van der Waals surface area contributed by atoms with Crippen LogP contribution in [0, 0.1) is 6.92 Å². The van der Waals surface area contributed by atoms with Crippen LogP contribution in [0.3, 0.4) is 0 Å². The Labute approximate surface area is 176 Å². The first-order valence-corrected chi connectivity index (χ1v) is 10.1. The van der Waals surface area contributed by atoms with Gasteiger partial charge in [0.05, 0.1) is 34.6 Å². The van der Waals surface area contributed by atoms with E-state index in [9.17, 15) is 4.79 Å². The van der Waals surface area contributed by atoms with Gasteiger partial charge in [-0.15, -0.1) is 0 Å². The van der Waals surface area contributed by atoms with Crippen molar-refractivity contribution in [2.24, 2.45) is 0 Å². The summed E-state index contributed by atoms with van der Waals surface area (Å²) in [6, 6.07) is 15.5. The minimum atomic E-state index is -0.219. The molecule has 30 heavy (non-hydrogen) atoms. The monoisotopic (exact) mass is 399 g/mol. The predicted octanol–water partition coefficient (Wildman–Crippen LogP) is 4.87. The zero-order chi connectivity index (χ0) is 21.3. The fourth-order valence-electron chi connectivity index (χ4n) is 3.56. The third kappa shape index (κ3) is 3.68. The Morgan fingerprint density at radius 3 is 2.53 bits per heavy atom. The number of nitrogens with one attached hydrogen (secondary N) is 1. The lowest BCUT2D eigenvalue weighted by atomic mass is 10.0. The number of aromatic nitrogens is 4. The number of nitrogens with zero attached hydrogens (tertiary/aromatic N) is 4. The van der Waals surface area contributed by atoms with Crippen LogP contribution in [-0.2, 0) is 0 Å². The standard InChI is InChI=1S/C24H25N5O/c1-15(2)29-23-20(14-26-29)19(13-22(28-23)18-10-6-5-9-16(18)3)24(30)27-17(4)21-11-7-8-12-25-21/h5-15,17H,1-4H3,(H,27,30). The highest BCUT2D eigenvalue weighted by atomic mass is 16.1. The van der Waals surface area contributed by atoms with Gasteiger partial charge in [0.2, 0.25) is 0 Å². The first-order chi connectivity index (χ1) is 14.5. The predicted molar refractivity (Wildman–Crippen MR) is 118 cm³/mol. The van der Waals surface area contributed by atoms with Crippen LogP contribution in [0.5, 0.6) is 0 Å². The molecule has 4 aromatic rings. The number of benzene rings is 1. The van der Waals surface area contributed by atoms with Crippen LogP contribution < -0.4 is 5.32 Å². The molecule has 0 radical (unpaired) electrons. The summed E-state index contributed by atoms with van der Waals surface area (Å²) >= 11 is 0. The number of rotatable bonds is 5. The number of aryl methyl sites for hydroxylation is 1. The third-order valence-electron chi connectivity index (χ3n) is 5.20. The van der Waals surface area contributed by atoms with E-state index in [1.165, 1.54) is 0 Å². The SMILES string of the molecule is Cc1ccccc1-c1cc(C(=O)NC(C)c2ccccn2)c2cnn(C(C)C)c2n1. The topological polar surface area (TPSA) is 72.7 Å². The van der Waals surface area contributed by atoms with Gasteiger partial charge in [-0.1, -0.05) is 30.3 Å². The molecule has 6 nitrogen and oxygen atoms in total. The number of amides is 1. The van der Waals surface area contributed by atoms with Crippen molar-refractivity contribution < 1.29 is 4.79 Å². The molecule has 0 aliphatic carbocycles. The van der Waals surface area contributed by atoms with Crippen LogP contribution in [0.4, 0.5) is 0 Å². The lowest BCUT2D eigenvalue weighted by Crippen LogP contribution is -2.27. The van der Waals surface area contributed by atoms with Gasteiger partial charge in [0.25, 0.3) is 5.91 Å². The number of hydrogen-bond acceptors (Lipinski definition) is 4. The van der Waals surface area contributed by atoms with Crippen LogP contribution in [0.1, 0.15) is 54.5 Å². The van der Waals surface area contributed by atoms with Crippen LogP contribution in [0.15, 0.2) is 60.9 Å². The second kappa shape index (κ2) is 8.06. The summed E-state index contributed by atoms with van der Waals surface area (Å²) in [7, 11) is 0. The number of carbonyl (C=O) groups excluding carboxylic acids is 1. The summed E-state index contributed by atoms with van der Waals surface area (Å²) in [4.78, 5) is 22.5. The van der Waals surface area contributed by atoms with Gasteiger partial charge < -0.3 is 5.32 Å². The van der Waals surface area contributed by atoms with Gasteiger partial charge >= 0.3 is 0 Å². The Morgan fingerprint density at radius 1 is 1.07 bits per heavy atom.